The van der Waals surface area contributed by atoms with Crippen LogP contribution in [0.4, 0.5) is 5.82 Å². The quantitative estimate of drug-likeness (QED) is 0.0464. The van der Waals surface area contributed by atoms with E-state index in [0.717, 1.165) is 43.1 Å². The molecule has 14 heteroatoms. The monoisotopic (exact) mass is 765 g/mol. The van der Waals surface area contributed by atoms with Crippen LogP contribution in [0.15, 0.2) is 120 Å². The highest BCUT2D eigenvalue weighted by Crippen LogP contribution is 2.46. The van der Waals surface area contributed by atoms with Crippen molar-refractivity contribution in [1.82, 2.24) is 20.0 Å². The average Bonchev–Trinajstić information content (AvgIpc) is 3.37. The van der Waals surface area contributed by atoms with E-state index in [4.69, 9.17) is 19.5 Å². The predicted molar refractivity (Wildman–Crippen MR) is 213 cm³/mol. The Kier molecular flexibility index (Phi) is 19.7. The van der Waals surface area contributed by atoms with E-state index in [1.54, 1.807) is 30.3 Å². The summed E-state index contributed by atoms with van der Waals surface area (Å²) in [4.78, 5) is 28.4. The molecule has 2 heterocycles. The van der Waals surface area contributed by atoms with E-state index in [9.17, 15) is 24.4 Å². The number of amides is 1. The molecule has 1 aromatic heterocycles. The molecule has 5 atom stereocenters. The highest BCUT2D eigenvalue weighted by molar-refractivity contribution is 7.52. The van der Waals surface area contributed by atoms with Crippen LogP contribution in [-0.4, -0.2) is 63.2 Å². The molecule has 1 unspecified atom stereocenters. The Morgan fingerprint density at radius 3 is 2.09 bits per heavy atom. The third-order valence-corrected chi connectivity index (χ3v) is 9.67. The van der Waals surface area contributed by atoms with Crippen LogP contribution in [0.1, 0.15) is 71.4 Å². The van der Waals surface area contributed by atoms with Crippen molar-refractivity contribution in [1.29, 1.82) is 0 Å². The van der Waals surface area contributed by atoms with E-state index in [0.29, 0.717) is 12.8 Å². The number of ether oxygens (including phenoxy) is 1. The summed E-state index contributed by atoms with van der Waals surface area (Å²) in [6.45, 7) is 3.14. The van der Waals surface area contributed by atoms with Crippen LogP contribution < -0.4 is 26.4 Å². The molecule has 1 saturated heterocycles. The third kappa shape index (κ3) is 15.9. The van der Waals surface area contributed by atoms with Crippen LogP contribution >= 0.6 is 7.75 Å². The molecule has 1 aliphatic heterocycles. The Bertz CT molecular complexity index is 1700. The van der Waals surface area contributed by atoms with Crippen molar-refractivity contribution in [3.8, 4) is 5.75 Å². The van der Waals surface area contributed by atoms with E-state index in [2.05, 4.69) is 83.1 Å². The topological polar surface area (TPSA) is 187 Å². The number of carbonyl (C=O) groups excluding carboxylic acids is 1. The van der Waals surface area contributed by atoms with Crippen molar-refractivity contribution < 1.29 is 33.4 Å². The Balaban J connectivity index is 1.36. The van der Waals surface area contributed by atoms with Gasteiger partial charge in [-0.25, -0.2) is 14.4 Å². The van der Waals surface area contributed by atoms with Gasteiger partial charge in [0.25, 0.3) is 0 Å². The Labute approximate surface area is 318 Å². The highest BCUT2D eigenvalue weighted by Gasteiger charge is 2.54. The predicted octanol–water partition coefficient (Wildman–Crippen LogP) is 6.22. The van der Waals surface area contributed by atoms with E-state index >= 15 is 0 Å². The molecule has 0 saturated carbocycles. The first-order valence-corrected chi connectivity index (χ1v) is 19.9. The zero-order valence-electron chi connectivity index (χ0n) is 31.2. The number of allylic oxidation sites excluding steroid dienone is 12. The van der Waals surface area contributed by atoms with Crippen molar-refractivity contribution in [3.63, 3.8) is 0 Å². The van der Waals surface area contributed by atoms with E-state index < -0.39 is 44.1 Å². The fraction of sp³-hybridized carbons (Fsp3) is 0.425. The molecule has 0 bridgehead atoms. The number of hydrogen-bond acceptors (Lipinski definition) is 10. The van der Waals surface area contributed by atoms with E-state index in [-0.39, 0.29) is 30.6 Å². The van der Waals surface area contributed by atoms with E-state index in [1.165, 1.54) is 19.2 Å². The first kappa shape index (κ1) is 44.0. The van der Waals surface area contributed by atoms with Crippen molar-refractivity contribution in [3.05, 3.63) is 126 Å². The van der Waals surface area contributed by atoms with Crippen molar-refractivity contribution >= 4 is 19.5 Å². The van der Waals surface area contributed by atoms with Gasteiger partial charge < -0.3 is 30.5 Å². The second kappa shape index (κ2) is 24.1. The van der Waals surface area contributed by atoms with Gasteiger partial charge in [0.15, 0.2) is 6.23 Å². The number of nitrogens with two attached hydrogens (primary N) is 1. The first-order valence-electron chi connectivity index (χ1n) is 18.4. The van der Waals surface area contributed by atoms with Gasteiger partial charge in [-0.2, -0.15) is 4.98 Å². The summed E-state index contributed by atoms with van der Waals surface area (Å²) in [6.07, 6.45) is 29.3. The maximum Gasteiger partial charge on any atom is 0.458 e. The third-order valence-electron chi connectivity index (χ3n) is 8.12. The van der Waals surface area contributed by atoms with Crippen LogP contribution in [0.5, 0.6) is 5.75 Å². The lowest BCUT2D eigenvalue weighted by Crippen LogP contribution is -2.46. The standard InChI is InChI=1S/C40H56N5O8P/c1-3-4-5-6-7-8-9-10-11-12-13-14-15-16-17-18-19-20-24-27-36(46)42-29-30-43-54(50,53-33-25-22-21-23-26-33)51-32-34-37(47)40(2,49)38(52-34)45-31-28-35(41)44-39(45)48/h4-5,7-8,10-11,13-14,16-17,19-23,25-26,28,31,34,37-38,47,49H,3,6,9,12,15,18,24,27,29-30,32H2,1-2H3,(H,42,46)(H,43,50)(H2,41,44,48)/b5-4-,8-7-,11-10-,14-13-,17-16-,20-19-/t34-,37-,38-,40-,54?/m1/s1. The number of nitrogen functional groups attached to an aromatic ring is 1. The minimum atomic E-state index is -4.09. The van der Waals surface area contributed by atoms with Crippen molar-refractivity contribution in [2.75, 3.05) is 25.4 Å². The molecule has 2 aromatic rings. The van der Waals surface area contributed by atoms with Gasteiger partial charge in [-0.3, -0.25) is 13.9 Å². The molecule has 1 aromatic carbocycles. The number of hydrogen-bond donors (Lipinski definition) is 5. The molecular weight excluding hydrogens is 709 g/mol. The lowest BCUT2D eigenvalue weighted by atomic mass is 9.96. The fourth-order valence-electron chi connectivity index (χ4n) is 5.22. The normalized spacial score (nSPS) is 21.7. The first-order chi connectivity index (χ1) is 26.1. The Hall–Kier alpha value is -4.36. The summed E-state index contributed by atoms with van der Waals surface area (Å²) in [7, 11) is -4.09. The molecule has 0 aliphatic carbocycles. The molecule has 3 rings (SSSR count). The number of nitrogens with one attached hydrogen (secondary N) is 2. The highest BCUT2D eigenvalue weighted by atomic mass is 31.2. The maximum atomic E-state index is 13.8. The molecule has 294 valence electrons. The van der Waals surface area contributed by atoms with Gasteiger partial charge in [0.1, 0.15) is 29.4 Å². The molecule has 1 aliphatic rings. The smallest absolute Gasteiger partial charge is 0.413 e. The minimum absolute atomic E-state index is 0.0135. The Morgan fingerprint density at radius 2 is 1.52 bits per heavy atom. The summed E-state index contributed by atoms with van der Waals surface area (Å²) >= 11 is 0. The van der Waals surface area contributed by atoms with Gasteiger partial charge in [0.05, 0.1) is 6.61 Å². The summed E-state index contributed by atoms with van der Waals surface area (Å²) in [5.41, 5.74) is 2.86. The number of nitrogens with zero attached hydrogens (tertiary/aromatic N) is 2. The largest absolute Gasteiger partial charge is 0.458 e. The average molecular weight is 766 g/mol. The van der Waals surface area contributed by atoms with Gasteiger partial charge in [-0.15, -0.1) is 0 Å². The number of rotatable bonds is 24. The summed E-state index contributed by atoms with van der Waals surface area (Å²) in [5.74, 6) is 0.0747. The zero-order chi connectivity index (χ0) is 39.1. The Morgan fingerprint density at radius 1 is 0.944 bits per heavy atom. The lowest BCUT2D eigenvalue weighted by Gasteiger charge is -2.27. The van der Waals surface area contributed by atoms with Crippen LogP contribution in [0.2, 0.25) is 0 Å². The second-order valence-electron chi connectivity index (χ2n) is 12.6. The maximum absolute atomic E-state index is 13.8. The number of benzene rings is 1. The SMILES string of the molecule is CC/C=C\C/C=C\C/C=C\C/C=C\C/C=C\C/C=C\CCC(=O)NCCNP(=O)(OC[C@H]1O[C@@H](n2ccc(N)nc2=O)[C@](C)(O)[C@@H]1O)Oc1ccccc1. The summed E-state index contributed by atoms with van der Waals surface area (Å²) in [6, 6.07) is 9.70. The fourth-order valence-corrected chi connectivity index (χ4v) is 6.55. The molecule has 54 heavy (non-hydrogen) atoms. The van der Waals surface area contributed by atoms with Crippen LogP contribution in [-0.2, 0) is 18.6 Å². The molecule has 0 radical (unpaired) electrons. The van der Waals surface area contributed by atoms with Crippen LogP contribution in [0, 0.1) is 0 Å². The van der Waals surface area contributed by atoms with Gasteiger partial charge in [-0.1, -0.05) is 98.0 Å². The second-order valence-corrected chi connectivity index (χ2v) is 14.4. The molecule has 1 amide bonds. The summed E-state index contributed by atoms with van der Waals surface area (Å²) in [5, 5.41) is 27.4. The molecule has 6 N–H and O–H groups in total. The van der Waals surface area contributed by atoms with Gasteiger partial charge in [-0.05, 0) is 70.1 Å². The number of anilines is 1. The van der Waals surface area contributed by atoms with Gasteiger partial charge >= 0.3 is 13.4 Å². The number of carbonyl (C=O) groups is 1. The van der Waals surface area contributed by atoms with Crippen LogP contribution in [0.25, 0.3) is 0 Å². The molecule has 13 nitrogen and oxygen atoms in total. The summed E-state index contributed by atoms with van der Waals surface area (Å²) < 4.78 is 31.9. The van der Waals surface area contributed by atoms with Crippen molar-refractivity contribution in [2.24, 2.45) is 0 Å². The van der Waals surface area contributed by atoms with Gasteiger partial charge in [0, 0.05) is 25.7 Å². The number of para-hydroxylation sites is 1. The van der Waals surface area contributed by atoms with E-state index in [1.807, 2.05) is 12.2 Å². The lowest BCUT2D eigenvalue weighted by molar-refractivity contribution is -0.120. The number of aromatic nitrogens is 2. The van der Waals surface area contributed by atoms with Gasteiger partial charge in [0.2, 0.25) is 5.91 Å². The van der Waals surface area contributed by atoms with Crippen LogP contribution in [0.3, 0.4) is 0 Å². The van der Waals surface area contributed by atoms with Crippen molar-refractivity contribution in [2.45, 2.75) is 89.3 Å². The zero-order valence-corrected chi connectivity index (χ0v) is 32.1. The number of aliphatic hydroxyl groups excluding tert-OH is 1. The number of aliphatic hydroxyl groups is 2. The minimum Gasteiger partial charge on any atom is -0.413 e. The molecule has 0 spiro atoms. The molecular formula is C40H56N5O8P. The molecule has 1 fully saturated rings.